The number of pyridine rings is 1. The van der Waals surface area contributed by atoms with E-state index < -0.39 is 12.2 Å². The Morgan fingerprint density at radius 1 is 1.26 bits per heavy atom. The van der Waals surface area contributed by atoms with Crippen LogP contribution in [-0.4, -0.2) is 76.3 Å². The number of carbonyl (C=O) groups excluding carboxylic acids is 2. The first-order valence-electron chi connectivity index (χ1n) is 12.0. The summed E-state index contributed by atoms with van der Waals surface area (Å²) >= 11 is 0. The molecular weight excluding hydrogens is 436 g/mol. The van der Waals surface area contributed by atoms with Gasteiger partial charge < -0.3 is 24.6 Å². The van der Waals surface area contributed by atoms with E-state index in [1.807, 2.05) is 38.1 Å². The number of carbonyl (C=O) groups is 2. The molecule has 2 fully saturated rings. The van der Waals surface area contributed by atoms with Gasteiger partial charge in [-0.15, -0.1) is 0 Å². The van der Waals surface area contributed by atoms with Crippen molar-refractivity contribution in [3.63, 3.8) is 0 Å². The van der Waals surface area contributed by atoms with Gasteiger partial charge in [0.1, 0.15) is 0 Å². The molecule has 2 aliphatic rings. The van der Waals surface area contributed by atoms with Crippen molar-refractivity contribution in [2.75, 3.05) is 20.1 Å². The third-order valence-corrected chi connectivity index (χ3v) is 6.94. The largest absolute Gasteiger partial charge is 0.413 e. The first kappa shape index (κ1) is 24.2. The van der Waals surface area contributed by atoms with Gasteiger partial charge >= 0.3 is 6.09 Å². The summed E-state index contributed by atoms with van der Waals surface area (Å²) < 4.78 is 7.15. The highest BCUT2D eigenvalue weighted by atomic mass is 16.6. The van der Waals surface area contributed by atoms with Crippen LogP contribution in [0.15, 0.2) is 35.1 Å². The smallest absolute Gasteiger partial charge is 0.404 e. The Balaban J connectivity index is 1.40. The Labute approximate surface area is 199 Å². The van der Waals surface area contributed by atoms with E-state index in [1.165, 1.54) is 4.90 Å². The summed E-state index contributed by atoms with van der Waals surface area (Å²) in [6, 6.07) is 9.57. The molecule has 184 valence electrons. The maximum atomic E-state index is 13.0. The Morgan fingerprint density at radius 3 is 2.59 bits per heavy atom. The summed E-state index contributed by atoms with van der Waals surface area (Å²) in [5.41, 5.74) is 0.480. The Hall–Kier alpha value is -2.91. The van der Waals surface area contributed by atoms with E-state index in [-0.39, 0.29) is 35.5 Å². The second-order valence-corrected chi connectivity index (χ2v) is 9.82. The number of likely N-dealkylation sites (N-methyl/N-ethyl adjacent to an activating group) is 1. The number of rotatable bonds is 8. The zero-order chi connectivity index (χ0) is 24.4. The number of nitrogens with zero attached hydrogens (tertiary/aromatic N) is 3. The molecule has 3 heterocycles. The van der Waals surface area contributed by atoms with Gasteiger partial charge in [-0.2, -0.15) is 0 Å². The van der Waals surface area contributed by atoms with Crippen LogP contribution in [0, 0.1) is 0 Å². The highest BCUT2D eigenvalue weighted by molar-refractivity contribution is 5.81. The minimum absolute atomic E-state index is 0.0210. The monoisotopic (exact) mass is 470 g/mol. The molecule has 2 aliphatic heterocycles. The topological polar surface area (TPSA) is 104 Å². The van der Waals surface area contributed by atoms with Gasteiger partial charge in [-0.25, -0.2) is 4.79 Å². The number of hydrogen-bond donors (Lipinski definition) is 2. The van der Waals surface area contributed by atoms with Gasteiger partial charge in [-0.1, -0.05) is 18.2 Å². The molecule has 0 aliphatic carbocycles. The maximum absolute atomic E-state index is 13.0. The molecule has 1 unspecified atom stereocenters. The normalized spacial score (nSPS) is 23.1. The Kier molecular flexibility index (Phi) is 7.23. The minimum Gasteiger partial charge on any atom is -0.404 e. The number of hydrogen-bond acceptors (Lipinski definition) is 6. The fourth-order valence-electron chi connectivity index (χ4n) is 5.51. The average molecular weight is 471 g/mol. The highest BCUT2D eigenvalue weighted by Gasteiger charge is 2.41. The lowest BCUT2D eigenvalue weighted by molar-refractivity contribution is -0.118. The molecule has 2 saturated heterocycles. The number of benzene rings is 1. The van der Waals surface area contributed by atoms with E-state index in [2.05, 4.69) is 10.2 Å². The molecule has 2 aromatic rings. The van der Waals surface area contributed by atoms with Crippen LogP contribution >= 0.6 is 0 Å². The fraction of sp³-hybridized carbons (Fsp3) is 0.560. The van der Waals surface area contributed by atoms with E-state index in [1.54, 1.807) is 17.7 Å². The fourth-order valence-corrected chi connectivity index (χ4v) is 5.51. The molecular formula is C25H34N4O5. The zero-order valence-corrected chi connectivity index (χ0v) is 20.0. The number of ether oxygens (including phenoxy) is 1. The molecule has 4 rings (SSSR count). The van der Waals surface area contributed by atoms with Gasteiger partial charge in [-0.05, 0) is 51.7 Å². The zero-order valence-electron chi connectivity index (χ0n) is 20.0. The lowest BCUT2D eigenvalue weighted by Crippen LogP contribution is -2.53. The summed E-state index contributed by atoms with van der Waals surface area (Å²) in [6.07, 6.45) is 3.03. The Bertz CT molecular complexity index is 1090. The number of fused-ring (bicyclic) bond motifs is 3. The van der Waals surface area contributed by atoms with Crippen molar-refractivity contribution in [3.8, 4) is 5.75 Å². The van der Waals surface area contributed by atoms with Crippen LogP contribution in [0.3, 0.4) is 0 Å². The quantitative estimate of drug-likeness (QED) is 0.573. The summed E-state index contributed by atoms with van der Waals surface area (Å²) in [4.78, 5) is 40.3. The molecule has 34 heavy (non-hydrogen) atoms. The number of aliphatic hydroxyl groups is 1. The second-order valence-electron chi connectivity index (χ2n) is 9.82. The minimum atomic E-state index is -0.617. The number of aliphatic hydroxyl groups excluding tert-OH is 1. The van der Waals surface area contributed by atoms with Crippen molar-refractivity contribution in [2.24, 2.45) is 0 Å². The van der Waals surface area contributed by atoms with Crippen molar-refractivity contribution >= 4 is 23.4 Å². The standard InChI is InChI=1S/C25H34N4O5/c1-16(2)29-22-7-5-4-6-17(22)10-23(24(29)32)34-25(33)26-18-11-19-8-9-20(12-18)28(19)14-21(31)13-27(3)15-30/h4-7,10,15-16,18-21,31H,8-9,11-14H2,1-3H3,(H,26,33)/t18-,19-,20+,21?. The van der Waals surface area contributed by atoms with Crippen molar-refractivity contribution in [1.82, 2.24) is 19.7 Å². The van der Waals surface area contributed by atoms with Crippen LogP contribution in [0.25, 0.3) is 10.9 Å². The summed E-state index contributed by atoms with van der Waals surface area (Å²) in [5.74, 6) is 0.0210. The van der Waals surface area contributed by atoms with Gasteiger partial charge in [0.15, 0.2) is 5.75 Å². The lowest BCUT2D eigenvalue weighted by atomic mass is 9.97. The predicted octanol–water partition coefficient (Wildman–Crippen LogP) is 2.12. The van der Waals surface area contributed by atoms with Crippen LogP contribution in [0.5, 0.6) is 5.75 Å². The summed E-state index contributed by atoms with van der Waals surface area (Å²) in [6.45, 7) is 4.66. The molecule has 1 aromatic carbocycles. The SMILES string of the molecule is CC(C)n1c(=O)c(OC(=O)N[C@@H]2C[C@H]3CC[C@@H](C2)N3CC(O)CN(C)C=O)cc2ccccc21. The van der Waals surface area contributed by atoms with E-state index in [0.717, 1.165) is 36.6 Å². The number of aromatic nitrogens is 1. The van der Waals surface area contributed by atoms with Crippen LogP contribution in [-0.2, 0) is 4.79 Å². The molecule has 1 aromatic heterocycles. The van der Waals surface area contributed by atoms with Gasteiger partial charge in [-0.3, -0.25) is 14.5 Å². The van der Waals surface area contributed by atoms with E-state index in [9.17, 15) is 19.5 Å². The van der Waals surface area contributed by atoms with E-state index in [0.29, 0.717) is 19.5 Å². The molecule has 9 nitrogen and oxygen atoms in total. The molecule has 4 atom stereocenters. The molecule has 2 bridgehead atoms. The third-order valence-electron chi connectivity index (χ3n) is 6.94. The maximum Gasteiger partial charge on any atom is 0.413 e. The van der Waals surface area contributed by atoms with Crippen molar-refractivity contribution in [2.45, 2.75) is 69.8 Å². The van der Waals surface area contributed by atoms with Crippen LogP contribution in [0.4, 0.5) is 4.79 Å². The highest BCUT2D eigenvalue weighted by Crippen LogP contribution is 2.35. The number of nitrogens with one attached hydrogen (secondary N) is 1. The van der Waals surface area contributed by atoms with E-state index in [4.69, 9.17) is 4.74 Å². The van der Waals surface area contributed by atoms with Crippen molar-refractivity contribution in [1.29, 1.82) is 0 Å². The number of amides is 2. The van der Waals surface area contributed by atoms with Gasteiger partial charge in [0, 0.05) is 49.7 Å². The first-order valence-corrected chi connectivity index (χ1v) is 12.0. The summed E-state index contributed by atoms with van der Waals surface area (Å²) in [7, 11) is 1.65. The Morgan fingerprint density at radius 2 is 1.94 bits per heavy atom. The lowest BCUT2D eigenvalue weighted by Gasteiger charge is -2.40. The molecule has 9 heteroatoms. The molecule has 0 saturated carbocycles. The van der Waals surface area contributed by atoms with Crippen LogP contribution in [0.2, 0.25) is 0 Å². The van der Waals surface area contributed by atoms with Crippen LogP contribution < -0.4 is 15.6 Å². The van der Waals surface area contributed by atoms with Gasteiger partial charge in [0.2, 0.25) is 6.41 Å². The average Bonchev–Trinajstić information content (AvgIpc) is 3.01. The first-order chi connectivity index (χ1) is 16.3. The van der Waals surface area contributed by atoms with Crippen LogP contribution in [0.1, 0.15) is 45.6 Å². The predicted molar refractivity (Wildman–Crippen MR) is 129 cm³/mol. The molecule has 0 spiro atoms. The second kappa shape index (κ2) is 10.1. The number of para-hydroxylation sites is 1. The molecule has 0 radical (unpaired) electrons. The van der Waals surface area contributed by atoms with E-state index >= 15 is 0 Å². The molecule has 2 N–H and O–H groups in total. The van der Waals surface area contributed by atoms with Gasteiger partial charge in [0.05, 0.1) is 11.6 Å². The molecule has 2 amide bonds. The number of piperidine rings is 1. The third kappa shape index (κ3) is 5.10. The van der Waals surface area contributed by atoms with Gasteiger partial charge in [0.25, 0.3) is 5.56 Å². The summed E-state index contributed by atoms with van der Waals surface area (Å²) in [5, 5.41) is 14.1. The van der Waals surface area contributed by atoms with Crippen molar-refractivity contribution in [3.05, 3.63) is 40.7 Å². The van der Waals surface area contributed by atoms with Crippen molar-refractivity contribution < 1.29 is 19.4 Å².